The molecule has 0 radical (unpaired) electrons. The fraction of sp³-hybridized carbons (Fsp3) is 0.500. The van der Waals surface area contributed by atoms with E-state index in [1.165, 1.54) is 13.8 Å². The minimum atomic E-state index is -4.07. The Labute approximate surface area is 143 Å². The summed E-state index contributed by atoms with van der Waals surface area (Å²) in [5.41, 5.74) is 0.750. The van der Waals surface area contributed by atoms with Crippen molar-refractivity contribution in [2.24, 2.45) is 0 Å². The van der Waals surface area contributed by atoms with Gasteiger partial charge in [0.15, 0.2) is 0 Å². The van der Waals surface area contributed by atoms with E-state index in [0.29, 0.717) is 11.1 Å². The molecule has 96 valence electrons. The fourth-order valence-corrected chi connectivity index (χ4v) is 1.81. The molecular weight excluding hydrogens is 394 g/mol. The summed E-state index contributed by atoms with van der Waals surface area (Å²) in [6, 6.07) is 0. The molecule has 0 aromatic carbocycles. The Morgan fingerprint density at radius 3 is 1.06 bits per heavy atom. The van der Waals surface area contributed by atoms with Gasteiger partial charge in [-0.25, -0.2) is 16.8 Å². The van der Waals surface area contributed by atoms with Crippen LogP contribution < -0.4 is 0 Å². The van der Waals surface area contributed by atoms with E-state index in [-0.39, 0.29) is 48.9 Å². The summed E-state index contributed by atoms with van der Waals surface area (Å²) >= 11 is 0. The minimum Gasteiger partial charge on any atom is -0.748 e. The molecule has 0 fully saturated rings. The number of hydrogen-bond donors (Lipinski definition) is 0. The molecule has 0 atom stereocenters. The van der Waals surface area contributed by atoms with Crippen molar-refractivity contribution in [1.29, 1.82) is 0 Å². The van der Waals surface area contributed by atoms with Gasteiger partial charge in [-0.2, -0.15) is 0 Å². The minimum absolute atomic E-state index is 0. The van der Waals surface area contributed by atoms with Crippen molar-refractivity contribution in [2.75, 3.05) is 11.5 Å². The van der Waals surface area contributed by atoms with Crippen LogP contribution >= 0.6 is 0 Å². The third kappa shape index (κ3) is 31.6. The third-order valence-electron chi connectivity index (χ3n) is 0.846. The molecule has 0 aromatic heterocycles. The zero-order valence-electron chi connectivity index (χ0n) is 9.80. The Morgan fingerprint density at radius 2 is 1.06 bits per heavy atom. The normalized spacial score (nSPS) is 10.6. The summed E-state index contributed by atoms with van der Waals surface area (Å²) in [6.07, 6.45) is 0. The summed E-state index contributed by atoms with van der Waals surface area (Å²) in [6.45, 7) is 9.51. The molecule has 0 rings (SSSR count). The molecule has 9 heteroatoms. The van der Waals surface area contributed by atoms with Gasteiger partial charge in [-0.3, -0.25) is 0 Å². The predicted molar refractivity (Wildman–Crippen MR) is 64.5 cm³/mol. The second-order valence-electron chi connectivity index (χ2n) is 3.32. The van der Waals surface area contributed by atoms with Gasteiger partial charge in [0.25, 0.3) is 0 Å². The van der Waals surface area contributed by atoms with Gasteiger partial charge in [0, 0.05) is 0 Å². The molecule has 0 spiro atoms. The zero-order valence-corrected chi connectivity index (χ0v) is 15.9. The Balaban J connectivity index is -0.000000218. The van der Waals surface area contributed by atoms with E-state index in [1.54, 1.807) is 0 Å². The molecule has 0 aliphatic carbocycles. The average molecular weight is 408 g/mol. The number of hydrogen-bond acceptors (Lipinski definition) is 6. The molecule has 0 bridgehead atoms. The van der Waals surface area contributed by atoms with Crippen LogP contribution in [0.3, 0.4) is 0 Å². The standard InChI is InChI=1S/2C4H8O3S.Ba/c2*1-4(2)3-8(5,6)7;/h2*1,3H2,2H3,(H,5,6,7);/q;;+2/p-2. The van der Waals surface area contributed by atoms with E-state index in [1.807, 2.05) is 0 Å². The van der Waals surface area contributed by atoms with Crippen LogP contribution in [0.25, 0.3) is 0 Å². The Morgan fingerprint density at radius 1 is 0.882 bits per heavy atom. The second-order valence-corrected chi connectivity index (χ2v) is 6.13. The van der Waals surface area contributed by atoms with Crippen LogP contribution in [0.2, 0.25) is 0 Å². The van der Waals surface area contributed by atoms with Gasteiger partial charge in [0.2, 0.25) is 0 Å². The molecule has 0 aromatic rings. The van der Waals surface area contributed by atoms with Gasteiger partial charge < -0.3 is 9.11 Å². The molecule has 0 heterocycles. The van der Waals surface area contributed by atoms with Gasteiger partial charge >= 0.3 is 48.9 Å². The SMILES string of the molecule is C=C(C)CS(=O)(=O)[O-].C=C(C)CS(=O)(=O)[O-].[Ba+2]. The van der Waals surface area contributed by atoms with Crippen LogP contribution in [0, 0.1) is 0 Å². The van der Waals surface area contributed by atoms with Crippen LogP contribution in [0.5, 0.6) is 0 Å². The van der Waals surface area contributed by atoms with Gasteiger partial charge in [0.1, 0.15) is 0 Å². The fourth-order valence-electron chi connectivity index (χ4n) is 0.604. The first-order valence-electron chi connectivity index (χ1n) is 3.99. The van der Waals surface area contributed by atoms with Crippen molar-refractivity contribution in [2.45, 2.75) is 13.8 Å². The molecule has 0 N–H and O–H groups in total. The Bertz CT molecular complexity index is 404. The van der Waals surface area contributed by atoms with Crippen LogP contribution in [-0.4, -0.2) is 86.3 Å². The van der Waals surface area contributed by atoms with Crippen molar-refractivity contribution in [3.63, 3.8) is 0 Å². The molecule has 0 saturated heterocycles. The van der Waals surface area contributed by atoms with Crippen LogP contribution in [0.4, 0.5) is 0 Å². The summed E-state index contributed by atoms with van der Waals surface area (Å²) < 4.78 is 59.0. The zero-order chi connectivity index (χ0) is 13.6. The maximum absolute atomic E-state index is 9.83. The van der Waals surface area contributed by atoms with Crippen molar-refractivity contribution in [3.05, 3.63) is 24.3 Å². The van der Waals surface area contributed by atoms with Gasteiger partial charge in [-0.15, -0.1) is 0 Å². The first kappa shape index (κ1) is 23.0. The van der Waals surface area contributed by atoms with E-state index in [2.05, 4.69) is 13.2 Å². The van der Waals surface area contributed by atoms with E-state index in [0.717, 1.165) is 0 Å². The molecule has 0 aliphatic heterocycles. The molecule has 0 amide bonds. The van der Waals surface area contributed by atoms with Gasteiger partial charge in [-0.05, 0) is 13.8 Å². The smallest absolute Gasteiger partial charge is 0.748 e. The van der Waals surface area contributed by atoms with E-state index in [4.69, 9.17) is 0 Å². The average Bonchev–Trinajstić information content (AvgIpc) is 1.72. The molecular formula is C8H14BaO6S2. The monoisotopic (exact) mass is 408 g/mol. The molecule has 0 aliphatic rings. The van der Waals surface area contributed by atoms with E-state index in [9.17, 15) is 25.9 Å². The summed E-state index contributed by atoms with van der Waals surface area (Å²) in [5.74, 6) is -0.903. The largest absolute Gasteiger partial charge is 2.00 e. The van der Waals surface area contributed by atoms with Crippen molar-refractivity contribution >= 4 is 69.1 Å². The van der Waals surface area contributed by atoms with Crippen molar-refractivity contribution in [1.82, 2.24) is 0 Å². The van der Waals surface area contributed by atoms with E-state index < -0.39 is 31.7 Å². The quantitative estimate of drug-likeness (QED) is 0.363. The first-order chi connectivity index (χ1) is 6.83. The van der Waals surface area contributed by atoms with Crippen LogP contribution in [-0.2, 0) is 20.2 Å². The molecule has 0 saturated carbocycles. The second kappa shape index (κ2) is 9.76. The Hall–Kier alpha value is 0.871. The molecule has 17 heavy (non-hydrogen) atoms. The van der Waals surface area contributed by atoms with E-state index >= 15 is 0 Å². The van der Waals surface area contributed by atoms with Crippen LogP contribution in [0.15, 0.2) is 24.3 Å². The van der Waals surface area contributed by atoms with Crippen molar-refractivity contribution < 1.29 is 25.9 Å². The molecule has 6 nitrogen and oxygen atoms in total. The maximum atomic E-state index is 9.83. The Kier molecular flexibility index (Phi) is 13.2. The molecule has 0 unspecified atom stereocenters. The summed E-state index contributed by atoms with van der Waals surface area (Å²) in [7, 11) is -8.15. The van der Waals surface area contributed by atoms with Gasteiger partial charge in [-0.1, -0.05) is 24.3 Å². The number of rotatable bonds is 4. The summed E-state index contributed by atoms with van der Waals surface area (Å²) in [4.78, 5) is 0. The van der Waals surface area contributed by atoms with Crippen LogP contribution in [0.1, 0.15) is 13.8 Å². The predicted octanol–water partition coefficient (Wildman–Crippen LogP) is -0.165. The summed E-state index contributed by atoms with van der Waals surface area (Å²) in [5, 5.41) is 0. The third-order valence-corrected chi connectivity index (χ3v) is 2.54. The first-order valence-corrected chi connectivity index (χ1v) is 7.15. The van der Waals surface area contributed by atoms with Gasteiger partial charge in [0.05, 0.1) is 31.7 Å². The van der Waals surface area contributed by atoms with Crippen molar-refractivity contribution in [3.8, 4) is 0 Å². The maximum Gasteiger partial charge on any atom is 2.00 e. The topological polar surface area (TPSA) is 114 Å².